The van der Waals surface area contributed by atoms with Crippen LogP contribution in [0.2, 0.25) is 0 Å². The summed E-state index contributed by atoms with van der Waals surface area (Å²) >= 11 is 0. The zero-order valence-electron chi connectivity index (χ0n) is 1.80. The summed E-state index contributed by atoms with van der Waals surface area (Å²) in [7, 11) is 0. The molecule has 1 radical (unpaired) electrons. The molecule has 4 heavy (non-hydrogen) atoms. The summed E-state index contributed by atoms with van der Waals surface area (Å²) < 4.78 is 0. The van der Waals surface area contributed by atoms with Gasteiger partial charge < -0.3 is 0 Å². The first kappa shape index (κ1) is 34.2. The molecule has 0 rings (SSSR count). The molecule has 0 aliphatic carbocycles. The normalized spacial score (nSPS) is 0. The Hall–Kier alpha value is 2.23. The van der Waals surface area contributed by atoms with Gasteiger partial charge in [0.25, 0.3) is 0 Å². The standard InChI is InChI=1S/3ClH.Pr/h3*1H;. The van der Waals surface area contributed by atoms with E-state index < -0.39 is 0 Å². The van der Waals surface area contributed by atoms with Crippen molar-refractivity contribution in [3.05, 3.63) is 0 Å². The average Bonchev–Trinajstić information content (AvgIpc) is 0. The Kier molecular flexibility index (Phi) is 161. The second kappa shape index (κ2) is 18.8. The third-order valence-electron chi connectivity index (χ3n) is 0. The first-order valence-corrected chi connectivity index (χ1v) is 0. The van der Waals surface area contributed by atoms with Crippen molar-refractivity contribution in [1.29, 1.82) is 0 Å². The van der Waals surface area contributed by atoms with E-state index in [2.05, 4.69) is 0 Å². The minimum atomic E-state index is 0. The van der Waals surface area contributed by atoms with Gasteiger partial charge in [0.15, 0.2) is 0 Å². The largest absolute Gasteiger partial charge is 0.147 e. The van der Waals surface area contributed by atoms with Gasteiger partial charge >= 0.3 is 0 Å². The summed E-state index contributed by atoms with van der Waals surface area (Å²) in [5.41, 5.74) is 0. The summed E-state index contributed by atoms with van der Waals surface area (Å²) in [6.45, 7) is 0. The molecule has 0 aliphatic rings. The molecule has 27 valence electrons. The van der Waals surface area contributed by atoms with Gasteiger partial charge in [-0.2, -0.15) is 0 Å². The molecule has 0 atom stereocenters. The minimum Gasteiger partial charge on any atom is -0.147 e. The second-order valence-electron chi connectivity index (χ2n) is 0. The van der Waals surface area contributed by atoms with Gasteiger partial charge in [0, 0.05) is 41.3 Å². The van der Waals surface area contributed by atoms with Crippen LogP contribution in [0.1, 0.15) is 0 Å². The SMILES string of the molecule is Cl.Cl.Cl.[Pr]. The summed E-state index contributed by atoms with van der Waals surface area (Å²) in [4.78, 5) is 0. The molecule has 0 aliphatic heterocycles. The Morgan fingerprint density at radius 3 is 0.500 bits per heavy atom. The molecule has 0 bridgehead atoms. The van der Waals surface area contributed by atoms with Gasteiger partial charge in [-0.05, 0) is 0 Å². The molecule has 0 amide bonds. The Balaban J connectivity index is 0. The van der Waals surface area contributed by atoms with Crippen molar-refractivity contribution in [2.24, 2.45) is 0 Å². The van der Waals surface area contributed by atoms with Gasteiger partial charge in [-0.25, -0.2) is 0 Å². The fraction of sp³-hybridized carbons (Fsp3) is 0. The Morgan fingerprint density at radius 1 is 0.500 bits per heavy atom. The van der Waals surface area contributed by atoms with Crippen LogP contribution in [0.4, 0.5) is 0 Å². The fourth-order valence-corrected chi connectivity index (χ4v) is 0. The molecule has 0 N–H and O–H groups in total. The Labute approximate surface area is 77.3 Å². The van der Waals surface area contributed by atoms with E-state index in [9.17, 15) is 0 Å². The number of rotatable bonds is 0. The van der Waals surface area contributed by atoms with Crippen molar-refractivity contribution >= 4 is 37.2 Å². The van der Waals surface area contributed by atoms with Crippen LogP contribution in [0.5, 0.6) is 0 Å². The van der Waals surface area contributed by atoms with Gasteiger partial charge in [-0.15, -0.1) is 37.2 Å². The topological polar surface area (TPSA) is 0 Å². The van der Waals surface area contributed by atoms with E-state index in [1.54, 1.807) is 0 Å². The molecule has 0 nitrogen and oxygen atoms in total. The first-order chi connectivity index (χ1) is 0. The summed E-state index contributed by atoms with van der Waals surface area (Å²) in [6, 6.07) is 0. The second-order valence-corrected chi connectivity index (χ2v) is 0. The summed E-state index contributed by atoms with van der Waals surface area (Å²) in [5, 5.41) is 0. The maximum Gasteiger partial charge on any atom is 0 e. The minimum absolute atomic E-state index is 0. The predicted molar refractivity (Wildman–Crippen MR) is 21.7 cm³/mol. The van der Waals surface area contributed by atoms with Crippen LogP contribution in [0, 0.1) is 41.3 Å². The molecular formula is H3Cl3Pr. The van der Waals surface area contributed by atoms with Crippen molar-refractivity contribution in [2.45, 2.75) is 0 Å². The van der Waals surface area contributed by atoms with E-state index in [1.165, 1.54) is 0 Å². The zero-order chi connectivity index (χ0) is 0. The summed E-state index contributed by atoms with van der Waals surface area (Å²) in [5.74, 6) is 0. The monoisotopic (exact) mass is 249 g/mol. The molecule has 0 heterocycles. The van der Waals surface area contributed by atoms with E-state index >= 15 is 0 Å². The molecule has 0 aromatic rings. The van der Waals surface area contributed by atoms with Gasteiger partial charge in [0.2, 0.25) is 0 Å². The molecule has 4 heteroatoms. The van der Waals surface area contributed by atoms with Crippen LogP contribution in [-0.2, 0) is 0 Å². The van der Waals surface area contributed by atoms with E-state index in [0.717, 1.165) is 0 Å². The predicted octanol–water partition coefficient (Wildman–Crippen LogP) is 1.27. The average molecular weight is 250 g/mol. The molecule has 0 aromatic carbocycles. The molecule has 0 aromatic heterocycles. The molecule has 0 saturated carbocycles. The fourth-order valence-electron chi connectivity index (χ4n) is 0. The van der Waals surface area contributed by atoms with Crippen LogP contribution in [0.3, 0.4) is 0 Å². The van der Waals surface area contributed by atoms with Crippen LogP contribution in [0.25, 0.3) is 0 Å². The van der Waals surface area contributed by atoms with Gasteiger partial charge in [-0.3, -0.25) is 0 Å². The van der Waals surface area contributed by atoms with Crippen molar-refractivity contribution in [3.63, 3.8) is 0 Å². The maximum atomic E-state index is 0. The number of halogens is 3. The van der Waals surface area contributed by atoms with Crippen molar-refractivity contribution in [1.82, 2.24) is 0 Å². The summed E-state index contributed by atoms with van der Waals surface area (Å²) in [6.07, 6.45) is 0. The van der Waals surface area contributed by atoms with Gasteiger partial charge in [0.1, 0.15) is 0 Å². The van der Waals surface area contributed by atoms with Crippen molar-refractivity contribution in [3.8, 4) is 0 Å². The van der Waals surface area contributed by atoms with Gasteiger partial charge in [0.05, 0.1) is 0 Å². The molecule has 0 spiro atoms. The molecule has 0 saturated heterocycles. The Bertz CT molecular complexity index is 3.25. The van der Waals surface area contributed by atoms with Crippen LogP contribution >= 0.6 is 37.2 Å². The number of hydrogen-bond donors (Lipinski definition) is 0. The molecule has 0 unspecified atom stereocenters. The van der Waals surface area contributed by atoms with Crippen LogP contribution in [0.15, 0.2) is 0 Å². The van der Waals surface area contributed by atoms with Crippen LogP contribution in [-0.4, -0.2) is 0 Å². The third-order valence-corrected chi connectivity index (χ3v) is 0. The van der Waals surface area contributed by atoms with E-state index in [-0.39, 0.29) is 78.5 Å². The Morgan fingerprint density at radius 2 is 0.500 bits per heavy atom. The maximum absolute atomic E-state index is 0. The zero-order valence-corrected chi connectivity index (χ0v) is 7.96. The quantitative estimate of drug-likeness (QED) is 0.607. The van der Waals surface area contributed by atoms with E-state index in [1.807, 2.05) is 0 Å². The van der Waals surface area contributed by atoms with Crippen LogP contribution < -0.4 is 0 Å². The van der Waals surface area contributed by atoms with Crippen molar-refractivity contribution in [2.75, 3.05) is 0 Å². The molecule has 0 fully saturated rings. The first-order valence-electron chi connectivity index (χ1n) is 0. The van der Waals surface area contributed by atoms with E-state index in [4.69, 9.17) is 0 Å². The number of hydrogen-bond acceptors (Lipinski definition) is 0. The van der Waals surface area contributed by atoms with Gasteiger partial charge in [-0.1, -0.05) is 0 Å². The third kappa shape index (κ3) is 8.87. The smallest absolute Gasteiger partial charge is 0 e. The molecular weight excluding hydrogens is 247 g/mol. The van der Waals surface area contributed by atoms with Crippen molar-refractivity contribution < 1.29 is 41.3 Å². The van der Waals surface area contributed by atoms with E-state index in [0.29, 0.717) is 0 Å².